The fourth-order valence-corrected chi connectivity index (χ4v) is 2.94. The van der Waals surface area contributed by atoms with Crippen LogP contribution in [0.1, 0.15) is 29.4 Å². The summed E-state index contributed by atoms with van der Waals surface area (Å²) in [6.45, 7) is 6.32. The highest BCUT2D eigenvalue weighted by atomic mass is 127. The lowest BCUT2D eigenvalue weighted by Crippen LogP contribution is -2.38. The topological polar surface area (TPSA) is 71.4 Å². The molecule has 6 nitrogen and oxygen atoms in total. The Balaban J connectivity index is 0.00000312. The Bertz CT molecular complexity index is 662. The summed E-state index contributed by atoms with van der Waals surface area (Å²) in [5.74, 6) is 1.39. The van der Waals surface area contributed by atoms with Gasteiger partial charge in [-0.3, -0.25) is 0 Å². The number of hydrogen-bond donors (Lipinski definition) is 2. The molecule has 0 fully saturated rings. The Morgan fingerprint density at radius 1 is 1.28 bits per heavy atom. The molecule has 0 aliphatic carbocycles. The first-order valence-corrected chi connectivity index (χ1v) is 9.02. The van der Waals surface area contributed by atoms with Gasteiger partial charge in [-0.05, 0) is 19.4 Å². The van der Waals surface area contributed by atoms with Crippen LogP contribution >= 0.6 is 35.3 Å². The Morgan fingerprint density at radius 2 is 2.12 bits per heavy atom. The van der Waals surface area contributed by atoms with Gasteiger partial charge in [-0.15, -0.1) is 35.3 Å². The summed E-state index contributed by atoms with van der Waals surface area (Å²) in [5.41, 5.74) is 0.874. The van der Waals surface area contributed by atoms with Crippen molar-refractivity contribution in [3.63, 3.8) is 0 Å². The minimum absolute atomic E-state index is 0. The maximum absolute atomic E-state index is 5.14. The maximum atomic E-state index is 5.14. The molecule has 2 N–H and O–H groups in total. The van der Waals surface area contributed by atoms with Gasteiger partial charge in [-0.2, -0.15) is 0 Å². The second-order valence-electron chi connectivity index (χ2n) is 5.12. The van der Waals surface area contributed by atoms with E-state index in [-0.39, 0.29) is 24.0 Å². The number of aliphatic imine (C=N–C) groups is 1. The highest BCUT2D eigenvalue weighted by Gasteiger charge is 2.03. The third kappa shape index (κ3) is 7.55. The molecule has 0 aromatic carbocycles. The number of pyridine rings is 1. The van der Waals surface area contributed by atoms with Crippen molar-refractivity contribution in [2.75, 3.05) is 20.2 Å². The number of nitrogens with zero attached hydrogens (tertiary/aromatic N) is 3. The van der Waals surface area contributed by atoms with Gasteiger partial charge in [0.25, 0.3) is 0 Å². The molecule has 0 bridgehead atoms. The van der Waals surface area contributed by atoms with Gasteiger partial charge in [0.1, 0.15) is 0 Å². The fraction of sp³-hybridized carbons (Fsp3) is 0.471. The van der Waals surface area contributed by atoms with E-state index in [1.807, 2.05) is 24.4 Å². The molecular formula is C17H26IN5OS. The average Bonchev–Trinajstić information content (AvgIpc) is 3.08. The highest BCUT2D eigenvalue weighted by Crippen LogP contribution is 2.13. The molecule has 0 spiro atoms. The van der Waals surface area contributed by atoms with Gasteiger partial charge in [0, 0.05) is 36.7 Å². The molecule has 0 saturated carbocycles. The Hall–Kier alpha value is -1.42. The molecule has 0 aliphatic rings. The SMILES string of the molecule is CCNC(=NCc1cccc(OC)n1)NCCc1ncc(CC)s1.I. The van der Waals surface area contributed by atoms with Crippen LogP contribution < -0.4 is 15.4 Å². The number of nitrogens with one attached hydrogen (secondary N) is 2. The van der Waals surface area contributed by atoms with Gasteiger partial charge in [-0.1, -0.05) is 13.0 Å². The van der Waals surface area contributed by atoms with Crippen molar-refractivity contribution in [3.8, 4) is 5.88 Å². The molecule has 138 valence electrons. The highest BCUT2D eigenvalue weighted by molar-refractivity contribution is 14.0. The van der Waals surface area contributed by atoms with Crippen molar-refractivity contribution in [1.29, 1.82) is 0 Å². The summed E-state index contributed by atoms with van der Waals surface area (Å²) < 4.78 is 5.14. The van der Waals surface area contributed by atoms with E-state index < -0.39 is 0 Å². The van der Waals surface area contributed by atoms with E-state index in [0.717, 1.165) is 42.6 Å². The standard InChI is InChI=1S/C17H25N5OS.HI/c1-4-14-12-20-16(24-14)9-10-19-17(18-5-2)21-11-13-7-6-8-15(22-13)23-3;/h6-8,12H,4-5,9-11H2,1-3H3,(H2,18,19,21);1H. The van der Waals surface area contributed by atoms with Crippen LogP contribution in [-0.4, -0.2) is 36.1 Å². The molecular weight excluding hydrogens is 449 g/mol. The molecule has 2 aromatic rings. The molecule has 0 atom stereocenters. The molecule has 8 heteroatoms. The zero-order valence-electron chi connectivity index (χ0n) is 14.9. The lowest BCUT2D eigenvalue weighted by Gasteiger charge is -2.10. The predicted molar refractivity (Wildman–Crippen MR) is 114 cm³/mol. The smallest absolute Gasteiger partial charge is 0.213 e. The van der Waals surface area contributed by atoms with Crippen LogP contribution in [0.5, 0.6) is 5.88 Å². The Kier molecular flexibility index (Phi) is 10.4. The van der Waals surface area contributed by atoms with E-state index in [1.165, 1.54) is 4.88 Å². The molecule has 2 heterocycles. The average molecular weight is 475 g/mol. The van der Waals surface area contributed by atoms with Crippen LogP contribution in [0.25, 0.3) is 0 Å². The van der Waals surface area contributed by atoms with Crippen LogP contribution in [0.2, 0.25) is 0 Å². The van der Waals surface area contributed by atoms with Crippen molar-refractivity contribution in [3.05, 3.63) is 40.0 Å². The predicted octanol–water partition coefficient (Wildman–Crippen LogP) is 3.02. The number of rotatable bonds is 8. The number of guanidine groups is 1. The summed E-state index contributed by atoms with van der Waals surface area (Å²) in [5, 5.41) is 7.75. The summed E-state index contributed by atoms with van der Waals surface area (Å²) in [6, 6.07) is 5.69. The second kappa shape index (κ2) is 12.0. The van der Waals surface area contributed by atoms with Gasteiger partial charge in [-0.25, -0.2) is 15.0 Å². The Labute approximate surface area is 170 Å². The van der Waals surface area contributed by atoms with Crippen LogP contribution in [-0.2, 0) is 19.4 Å². The summed E-state index contributed by atoms with van der Waals surface area (Å²) in [4.78, 5) is 14.7. The zero-order chi connectivity index (χ0) is 17.2. The molecule has 0 saturated heterocycles. The van der Waals surface area contributed by atoms with Gasteiger partial charge in [0.05, 0.1) is 24.4 Å². The number of aromatic nitrogens is 2. The van der Waals surface area contributed by atoms with Crippen LogP contribution in [0.15, 0.2) is 29.4 Å². The number of aryl methyl sites for hydroxylation is 1. The summed E-state index contributed by atoms with van der Waals surface area (Å²) in [6.07, 6.45) is 3.91. The quantitative estimate of drug-likeness (QED) is 0.349. The largest absolute Gasteiger partial charge is 0.481 e. The summed E-state index contributed by atoms with van der Waals surface area (Å²) in [7, 11) is 1.61. The van der Waals surface area contributed by atoms with E-state index in [1.54, 1.807) is 18.4 Å². The van der Waals surface area contributed by atoms with Crippen molar-refractivity contribution < 1.29 is 4.74 Å². The normalized spacial score (nSPS) is 10.9. The first kappa shape index (κ1) is 21.6. The van der Waals surface area contributed by atoms with Gasteiger partial charge in [0.2, 0.25) is 5.88 Å². The lowest BCUT2D eigenvalue weighted by atomic mass is 10.3. The van der Waals surface area contributed by atoms with E-state index in [9.17, 15) is 0 Å². The van der Waals surface area contributed by atoms with Crippen LogP contribution in [0.4, 0.5) is 0 Å². The van der Waals surface area contributed by atoms with Gasteiger partial charge in [0.15, 0.2) is 5.96 Å². The third-order valence-corrected chi connectivity index (χ3v) is 4.52. The van der Waals surface area contributed by atoms with E-state index in [4.69, 9.17) is 4.74 Å². The van der Waals surface area contributed by atoms with E-state index in [2.05, 4.69) is 39.4 Å². The molecule has 0 amide bonds. The number of ether oxygens (including phenoxy) is 1. The molecule has 2 rings (SSSR count). The zero-order valence-corrected chi connectivity index (χ0v) is 18.1. The first-order valence-electron chi connectivity index (χ1n) is 8.20. The van der Waals surface area contributed by atoms with Crippen molar-refractivity contribution in [2.45, 2.75) is 33.2 Å². The number of thiazole rings is 1. The molecule has 25 heavy (non-hydrogen) atoms. The number of halogens is 1. The third-order valence-electron chi connectivity index (χ3n) is 3.31. The van der Waals surface area contributed by atoms with Gasteiger partial charge < -0.3 is 15.4 Å². The van der Waals surface area contributed by atoms with Crippen molar-refractivity contribution in [2.24, 2.45) is 4.99 Å². The minimum Gasteiger partial charge on any atom is -0.481 e. The van der Waals surface area contributed by atoms with Crippen molar-refractivity contribution >= 4 is 41.3 Å². The monoisotopic (exact) mass is 475 g/mol. The second-order valence-corrected chi connectivity index (χ2v) is 6.32. The molecule has 0 aliphatic heterocycles. The Morgan fingerprint density at radius 3 is 2.80 bits per heavy atom. The molecule has 0 radical (unpaired) electrons. The minimum atomic E-state index is 0. The van der Waals surface area contributed by atoms with Crippen LogP contribution in [0.3, 0.4) is 0 Å². The fourth-order valence-electron chi connectivity index (χ4n) is 2.08. The molecule has 0 unspecified atom stereocenters. The number of methoxy groups -OCH3 is 1. The summed E-state index contributed by atoms with van der Waals surface area (Å²) >= 11 is 1.78. The molecule has 2 aromatic heterocycles. The van der Waals surface area contributed by atoms with Crippen molar-refractivity contribution in [1.82, 2.24) is 20.6 Å². The lowest BCUT2D eigenvalue weighted by molar-refractivity contribution is 0.396. The maximum Gasteiger partial charge on any atom is 0.213 e. The number of hydrogen-bond acceptors (Lipinski definition) is 5. The van der Waals surface area contributed by atoms with E-state index in [0.29, 0.717) is 12.4 Å². The van der Waals surface area contributed by atoms with Gasteiger partial charge >= 0.3 is 0 Å². The van der Waals surface area contributed by atoms with E-state index >= 15 is 0 Å². The van der Waals surface area contributed by atoms with Crippen LogP contribution in [0, 0.1) is 0 Å². The first-order chi connectivity index (χ1) is 11.7.